The van der Waals surface area contributed by atoms with Crippen LogP contribution in [0.4, 0.5) is 5.69 Å². The molecule has 5 heteroatoms. The molecule has 0 N–H and O–H groups in total. The number of aromatic nitrogens is 1. The monoisotopic (exact) mass is 256 g/mol. The van der Waals surface area contributed by atoms with Crippen LogP contribution in [0.25, 0.3) is 11.3 Å². The Morgan fingerprint density at radius 1 is 1.16 bits per heavy atom. The van der Waals surface area contributed by atoms with Crippen LogP contribution in [0.1, 0.15) is 23.0 Å². The number of hydrogen-bond acceptors (Lipinski definition) is 4. The Balaban J connectivity index is 2.39. The van der Waals surface area contributed by atoms with E-state index in [1.165, 1.54) is 19.1 Å². The van der Waals surface area contributed by atoms with Gasteiger partial charge in [0.25, 0.3) is 5.69 Å². The van der Waals surface area contributed by atoms with Crippen LogP contribution >= 0.6 is 0 Å². The van der Waals surface area contributed by atoms with Crippen LogP contribution in [-0.4, -0.2) is 15.7 Å². The minimum absolute atomic E-state index is 0.0275. The first-order valence-electron chi connectivity index (χ1n) is 5.72. The maximum Gasteiger partial charge on any atom is 0.269 e. The van der Waals surface area contributed by atoms with E-state index in [4.69, 9.17) is 0 Å². The van der Waals surface area contributed by atoms with E-state index in [2.05, 4.69) is 4.98 Å². The van der Waals surface area contributed by atoms with E-state index >= 15 is 0 Å². The van der Waals surface area contributed by atoms with Crippen molar-refractivity contribution in [2.75, 3.05) is 0 Å². The van der Waals surface area contributed by atoms with Crippen LogP contribution < -0.4 is 0 Å². The molecular weight excluding hydrogens is 244 g/mol. The first-order valence-corrected chi connectivity index (χ1v) is 5.72. The van der Waals surface area contributed by atoms with Crippen molar-refractivity contribution in [3.8, 4) is 11.3 Å². The molecule has 0 fully saturated rings. The van der Waals surface area contributed by atoms with Gasteiger partial charge in [0.15, 0.2) is 5.78 Å². The number of nitrogens with zero attached hydrogens (tertiary/aromatic N) is 2. The number of aryl methyl sites for hydroxylation is 1. The Morgan fingerprint density at radius 3 is 2.26 bits per heavy atom. The summed E-state index contributed by atoms with van der Waals surface area (Å²) in [6.07, 6.45) is 0. The van der Waals surface area contributed by atoms with Gasteiger partial charge in [0.1, 0.15) is 0 Å². The van der Waals surface area contributed by atoms with Gasteiger partial charge in [0.05, 0.1) is 10.6 Å². The van der Waals surface area contributed by atoms with Crippen LogP contribution in [0.5, 0.6) is 0 Å². The van der Waals surface area contributed by atoms with E-state index in [0.717, 1.165) is 5.56 Å². The van der Waals surface area contributed by atoms with Crippen molar-refractivity contribution < 1.29 is 9.72 Å². The molecule has 2 rings (SSSR count). The van der Waals surface area contributed by atoms with Crippen LogP contribution in [-0.2, 0) is 0 Å². The average molecular weight is 256 g/mol. The summed E-state index contributed by atoms with van der Waals surface area (Å²) in [5, 5.41) is 10.6. The fourth-order valence-electron chi connectivity index (χ4n) is 1.85. The molecule has 0 aliphatic rings. The largest absolute Gasteiger partial charge is 0.294 e. The molecule has 0 saturated heterocycles. The van der Waals surface area contributed by atoms with Gasteiger partial charge in [-0.3, -0.25) is 19.9 Å². The second-order valence-electron chi connectivity index (χ2n) is 4.19. The molecule has 0 bridgehead atoms. The van der Waals surface area contributed by atoms with Crippen molar-refractivity contribution >= 4 is 11.5 Å². The second-order valence-corrected chi connectivity index (χ2v) is 4.19. The summed E-state index contributed by atoms with van der Waals surface area (Å²) in [7, 11) is 0. The van der Waals surface area contributed by atoms with Gasteiger partial charge >= 0.3 is 0 Å². The topological polar surface area (TPSA) is 73.1 Å². The van der Waals surface area contributed by atoms with Crippen molar-refractivity contribution in [2.45, 2.75) is 13.8 Å². The minimum Gasteiger partial charge on any atom is -0.294 e. The summed E-state index contributed by atoms with van der Waals surface area (Å²) < 4.78 is 0. The zero-order valence-corrected chi connectivity index (χ0v) is 10.6. The number of Topliss-reactive ketones (excluding diaryl/α,β-unsaturated/α-hetero) is 1. The predicted molar refractivity (Wildman–Crippen MR) is 71.1 cm³/mol. The van der Waals surface area contributed by atoms with Gasteiger partial charge in [-0.15, -0.1) is 0 Å². The molecule has 0 unspecified atom stereocenters. The number of ketones is 1. The third kappa shape index (κ3) is 2.65. The third-order valence-corrected chi connectivity index (χ3v) is 2.84. The number of rotatable bonds is 3. The van der Waals surface area contributed by atoms with Gasteiger partial charge in [0.2, 0.25) is 0 Å². The molecule has 0 saturated carbocycles. The molecular formula is C14H12N2O3. The summed E-state index contributed by atoms with van der Waals surface area (Å²) in [5.74, 6) is -0.0275. The molecule has 96 valence electrons. The maximum atomic E-state index is 11.3. The summed E-state index contributed by atoms with van der Waals surface area (Å²) in [6, 6.07) is 9.63. The highest BCUT2D eigenvalue weighted by molar-refractivity contribution is 5.95. The van der Waals surface area contributed by atoms with Crippen LogP contribution in [0.3, 0.4) is 0 Å². The molecule has 0 aliphatic carbocycles. The Hall–Kier alpha value is -2.56. The van der Waals surface area contributed by atoms with E-state index in [-0.39, 0.29) is 11.5 Å². The summed E-state index contributed by atoms with van der Waals surface area (Å²) >= 11 is 0. The average Bonchev–Trinajstić information content (AvgIpc) is 2.38. The zero-order chi connectivity index (χ0) is 14.0. The van der Waals surface area contributed by atoms with Crippen LogP contribution in [0.2, 0.25) is 0 Å². The lowest BCUT2D eigenvalue weighted by Crippen LogP contribution is -1.99. The Morgan fingerprint density at radius 2 is 1.79 bits per heavy atom. The van der Waals surface area contributed by atoms with Crippen molar-refractivity contribution in [3.05, 3.63) is 57.8 Å². The first-order chi connectivity index (χ1) is 8.99. The molecule has 0 spiro atoms. The fourth-order valence-corrected chi connectivity index (χ4v) is 1.85. The van der Waals surface area contributed by atoms with Gasteiger partial charge in [-0.05, 0) is 38.1 Å². The number of nitro benzene ring substituents is 1. The Labute approximate surface area is 110 Å². The van der Waals surface area contributed by atoms with Crippen LogP contribution in [0, 0.1) is 17.0 Å². The smallest absolute Gasteiger partial charge is 0.269 e. The fraction of sp³-hybridized carbons (Fsp3) is 0.143. The van der Waals surface area contributed by atoms with E-state index in [1.54, 1.807) is 31.2 Å². The molecule has 0 radical (unpaired) electrons. The highest BCUT2D eigenvalue weighted by atomic mass is 16.6. The minimum atomic E-state index is -0.443. The summed E-state index contributed by atoms with van der Waals surface area (Å²) in [6.45, 7) is 3.27. The SMILES string of the molecule is CC(=O)c1ccc(-c2ccc([N+](=O)[O-])cc2)nc1C. The lowest BCUT2D eigenvalue weighted by Gasteiger charge is -2.05. The highest BCUT2D eigenvalue weighted by Gasteiger charge is 2.09. The normalized spacial score (nSPS) is 10.2. The number of hydrogen-bond donors (Lipinski definition) is 0. The van der Waals surface area contributed by atoms with Gasteiger partial charge in [-0.2, -0.15) is 0 Å². The van der Waals surface area contributed by atoms with Gasteiger partial charge in [-0.1, -0.05) is 0 Å². The second kappa shape index (κ2) is 4.97. The van der Waals surface area contributed by atoms with Crippen molar-refractivity contribution in [1.82, 2.24) is 4.98 Å². The van der Waals surface area contributed by atoms with E-state index in [0.29, 0.717) is 17.0 Å². The van der Waals surface area contributed by atoms with Crippen molar-refractivity contribution in [3.63, 3.8) is 0 Å². The lowest BCUT2D eigenvalue weighted by molar-refractivity contribution is -0.384. The first kappa shape index (κ1) is 12.9. The number of carbonyl (C=O) groups excluding carboxylic acids is 1. The van der Waals surface area contributed by atoms with E-state index in [1.807, 2.05) is 0 Å². The molecule has 0 amide bonds. The molecule has 1 aromatic heterocycles. The Bertz CT molecular complexity index is 648. The highest BCUT2D eigenvalue weighted by Crippen LogP contribution is 2.22. The summed E-state index contributed by atoms with van der Waals surface area (Å²) in [4.78, 5) is 25.8. The third-order valence-electron chi connectivity index (χ3n) is 2.84. The standard InChI is InChI=1S/C14H12N2O3/c1-9-13(10(2)17)7-8-14(15-9)11-3-5-12(6-4-11)16(18)19/h3-8H,1-2H3. The number of pyridine rings is 1. The molecule has 0 atom stereocenters. The summed E-state index contributed by atoms with van der Waals surface area (Å²) in [5.41, 5.74) is 2.76. The quantitative estimate of drug-likeness (QED) is 0.480. The number of carbonyl (C=O) groups is 1. The molecule has 1 heterocycles. The number of benzene rings is 1. The van der Waals surface area contributed by atoms with Crippen molar-refractivity contribution in [2.24, 2.45) is 0 Å². The van der Waals surface area contributed by atoms with Gasteiger partial charge in [0, 0.05) is 29.0 Å². The molecule has 5 nitrogen and oxygen atoms in total. The van der Waals surface area contributed by atoms with Crippen LogP contribution in [0.15, 0.2) is 36.4 Å². The predicted octanol–water partition coefficient (Wildman–Crippen LogP) is 3.17. The number of non-ortho nitro benzene ring substituents is 1. The number of nitro groups is 1. The molecule has 0 aliphatic heterocycles. The lowest BCUT2D eigenvalue weighted by atomic mass is 10.1. The maximum absolute atomic E-state index is 11.3. The molecule has 2 aromatic rings. The van der Waals surface area contributed by atoms with Gasteiger partial charge < -0.3 is 0 Å². The van der Waals surface area contributed by atoms with Gasteiger partial charge in [-0.25, -0.2) is 0 Å². The van der Waals surface area contributed by atoms with E-state index < -0.39 is 4.92 Å². The molecule has 19 heavy (non-hydrogen) atoms. The van der Waals surface area contributed by atoms with E-state index in [9.17, 15) is 14.9 Å². The van der Waals surface area contributed by atoms with Crippen molar-refractivity contribution in [1.29, 1.82) is 0 Å². The molecule has 1 aromatic carbocycles. The zero-order valence-electron chi connectivity index (χ0n) is 10.6. The Kier molecular flexibility index (Phi) is 3.37.